The number of benzene rings is 1. The fraction of sp³-hybridized carbons (Fsp3) is 0.400. The first-order chi connectivity index (χ1) is 5.13. The summed E-state index contributed by atoms with van der Waals surface area (Å²) in [5.41, 5.74) is 1.32. The van der Waals surface area contributed by atoms with E-state index in [1.807, 2.05) is 32.0 Å². The number of aryl methyl sites for hydroxylation is 1. The molecule has 0 fully saturated rings. The van der Waals surface area contributed by atoms with E-state index in [0.717, 1.165) is 0 Å². The third kappa shape index (κ3) is 9.57. The molecule has 0 bridgehead atoms. The quantitative estimate of drug-likeness (QED) is 0.564. The second kappa shape index (κ2) is 6.29. The molecule has 0 radical (unpaired) electrons. The highest BCUT2D eigenvalue weighted by Gasteiger charge is 1.72. The van der Waals surface area contributed by atoms with Gasteiger partial charge in [-0.1, -0.05) is 49.7 Å². The van der Waals surface area contributed by atoms with Crippen LogP contribution in [-0.2, 0) is 0 Å². The Bertz CT molecular complexity index is 165. The van der Waals surface area contributed by atoms with Crippen LogP contribution < -0.4 is 0 Å². The maximum absolute atomic E-state index is 3.97. The van der Waals surface area contributed by atoms with Crippen LogP contribution in [0.4, 0.5) is 0 Å². The van der Waals surface area contributed by atoms with Gasteiger partial charge in [0.15, 0.2) is 0 Å². The molecule has 0 saturated carbocycles. The van der Waals surface area contributed by atoms with Gasteiger partial charge in [-0.05, 0) is 12.2 Å². The summed E-state index contributed by atoms with van der Waals surface area (Å²) in [5.74, 6) is 0. The molecule has 0 nitrogen and oxygen atoms in total. The summed E-state index contributed by atoms with van der Waals surface area (Å²) in [6.45, 7) is 6.15. The first-order valence-electron chi connectivity index (χ1n) is 3.82. The maximum Gasteiger partial charge on any atom is -0.00399 e. The summed E-state index contributed by atoms with van der Waals surface area (Å²) < 4.78 is 0. The predicted molar refractivity (Wildman–Crippen MR) is 55.3 cm³/mol. The zero-order chi connectivity index (χ0) is 8.69. The molecule has 1 aromatic carbocycles. The Hall–Kier alpha value is -0.430. The fourth-order valence-corrected chi connectivity index (χ4v) is 0.534. The standard InChI is InChI=1S/C7H8.C3H8S/c1-7-5-3-2-4-6-7;1-3(2)4/h2-6H,1H3;3-4H,1-2H3. The molecular weight excluding hydrogens is 152 g/mol. The first kappa shape index (κ1) is 10.6. The van der Waals surface area contributed by atoms with Crippen LogP contribution in [0.5, 0.6) is 0 Å². The van der Waals surface area contributed by atoms with E-state index in [1.165, 1.54) is 5.56 Å². The minimum atomic E-state index is 0.528. The smallest absolute Gasteiger partial charge is 0.00399 e. The van der Waals surface area contributed by atoms with Crippen molar-refractivity contribution in [1.29, 1.82) is 0 Å². The topological polar surface area (TPSA) is 0 Å². The molecule has 0 aliphatic rings. The number of thiol groups is 1. The molecule has 0 atom stereocenters. The monoisotopic (exact) mass is 168 g/mol. The molecule has 0 aromatic heterocycles. The van der Waals surface area contributed by atoms with E-state index in [-0.39, 0.29) is 0 Å². The van der Waals surface area contributed by atoms with E-state index in [2.05, 4.69) is 31.7 Å². The highest BCUT2D eigenvalue weighted by atomic mass is 32.1. The molecule has 1 heteroatoms. The molecule has 0 N–H and O–H groups in total. The van der Waals surface area contributed by atoms with E-state index in [9.17, 15) is 0 Å². The van der Waals surface area contributed by atoms with Gasteiger partial charge in [0, 0.05) is 0 Å². The molecule has 11 heavy (non-hydrogen) atoms. The van der Waals surface area contributed by atoms with Crippen LogP contribution in [0.2, 0.25) is 0 Å². The van der Waals surface area contributed by atoms with Crippen molar-refractivity contribution in [2.75, 3.05) is 0 Å². The van der Waals surface area contributed by atoms with Crippen LogP contribution in [0.15, 0.2) is 30.3 Å². The lowest BCUT2D eigenvalue weighted by atomic mass is 10.2. The van der Waals surface area contributed by atoms with Crippen molar-refractivity contribution >= 4 is 12.6 Å². The maximum atomic E-state index is 3.97. The molecule has 0 aliphatic carbocycles. The lowest BCUT2D eigenvalue weighted by molar-refractivity contribution is 1.13. The van der Waals surface area contributed by atoms with Crippen molar-refractivity contribution in [2.24, 2.45) is 0 Å². The minimum Gasteiger partial charge on any atom is -0.177 e. The van der Waals surface area contributed by atoms with Crippen LogP contribution in [0, 0.1) is 6.92 Å². The van der Waals surface area contributed by atoms with Crippen molar-refractivity contribution in [3.63, 3.8) is 0 Å². The van der Waals surface area contributed by atoms with Gasteiger partial charge in [0.25, 0.3) is 0 Å². The van der Waals surface area contributed by atoms with Crippen molar-refractivity contribution in [3.8, 4) is 0 Å². The second-order valence-corrected chi connectivity index (χ2v) is 3.78. The summed E-state index contributed by atoms with van der Waals surface area (Å²) in [6.07, 6.45) is 0. The normalized spacial score (nSPS) is 8.82. The highest BCUT2D eigenvalue weighted by Crippen LogP contribution is 1.92. The Balaban J connectivity index is 0.000000218. The van der Waals surface area contributed by atoms with Gasteiger partial charge in [0.1, 0.15) is 0 Å². The molecule has 0 unspecified atom stereocenters. The molecule has 0 amide bonds. The van der Waals surface area contributed by atoms with Gasteiger partial charge >= 0.3 is 0 Å². The van der Waals surface area contributed by atoms with Crippen LogP contribution in [0.1, 0.15) is 19.4 Å². The third-order valence-electron chi connectivity index (χ3n) is 0.940. The Kier molecular flexibility index (Phi) is 6.05. The summed E-state index contributed by atoms with van der Waals surface area (Å²) in [5, 5.41) is 0.528. The Morgan fingerprint density at radius 1 is 1.09 bits per heavy atom. The van der Waals surface area contributed by atoms with E-state index in [4.69, 9.17) is 0 Å². The largest absolute Gasteiger partial charge is 0.177 e. The summed E-state index contributed by atoms with van der Waals surface area (Å²) >= 11 is 3.97. The lowest BCUT2D eigenvalue weighted by Crippen LogP contribution is -1.71. The first-order valence-corrected chi connectivity index (χ1v) is 4.34. The molecule has 0 aliphatic heterocycles. The summed E-state index contributed by atoms with van der Waals surface area (Å²) in [4.78, 5) is 0. The molecule has 1 rings (SSSR count). The molecule has 0 spiro atoms. The Morgan fingerprint density at radius 2 is 1.45 bits per heavy atom. The highest BCUT2D eigenvalue weighted by molar-refractivity contribution is 7.80. The van der Waals surface area contributed by atoms with Gasteiger partial charge in [-0.3, -0.25) is 0 Å². The average Bonchev–Trinajstić information content (AvgIpc) is 1.87. The van der Waals surface area contributed by atoms with Crippen molar-refractivity contribution in [1.82, 2.24) is 0 Å². The molecule has 0 heterocycles. The fourth-order valence-electron chi connectivity index (χ4n) is 0.534. The zero-order valence-corrected chi connectivity index (χ0v) is 8.31. The van der Waals surface area contributed by atoms with Gasteiger partial charge in [0.2, 0.25) is 0 Å². The van der Waals surface area contributed by atoms with E-state index >= 15 is 0 Å². The van der Waals surface area contributed by atoms with Crippen molar-refractivity contribution in [2.45, 2.75) is 26.0 Å². The van der Waals surface area contributed by atoms with Crippen LogP contribution in [-0.4, -0.2) is 5.25 Å². The summed E-state index contributed by atoms with van der Waals surface area (Å²) in [7, 11) is 0. The second-order valence-electron chi connectivity index (χ2n) is 2.75. The lowest BCUT2D eigenvalue weighted by Gasteiger charge is -1.82. The van der Waals surface area contributed by atoms with Gasteiger partial charge in [0.05, 0.1) is 0 Å². The Labute approximate surface area is 75.1 Å². The Morgan fingerprint density at radius 3 is 1.64 bits per heavy atom. The number of rotatable bonds is 0. The number of hydrogen-bond donors (Lipinski definition) is 1. The van der Waals surface area contributed by atoms with Crippen LogP contribution in [0.3, 0.4) is 0 Å². The van der Waals surface area contributed by atoms with Gasteiger partial charge in [-0.25, -0.2) is 0 Å². The molecule has 62 valence electrons. The van der Waals surface area contributed by atoms with Gasteiger partial charge < -0.3 is 0 Å². The average molecular weight is 168 g/mol. The number of hydrogen-bond acceptors (Lipinski definition) is 1. The van der Waals surface area contributed by atoms with E-state index < -0.39 is 0 Å². The van der Waals surface area contributed by atoms with E-state index in [0.29, 0.717) is 5.25 Å². The zero-order valence-electron chi connectivity index (χ0n) is 7.41. The minimum absolute atomic E-state index is 0.528. The molecule has 0 saturated heterocycles. The van der Waals surface area contributed by atoms with Crippen LogP contribution >= 0.6 is 12.6 Å². The third-order valence-corrected chi connectivity index (χ3v) is 0.940. The molecule has 1 aromatic rings. The van der Waals surface area contributed by atoms with Crippen molar-refractivity contribution in [3.05, 3.63) is 35.9 Å². The predicted octanol–water partition coefficient (Wildman–Crippen LogP) is 3.32. The van der Waals surface area contributed by atoms with Crippen molar-refractivity contribution < 1.29 is 0 Å². The van der Waals surface area contributed by atoms with E-state index in [1.54, 1.807) is 0 Å². The van der Waals surface area contributed by atoms with Crippen LogP contribution in [0.25, 0.3) is 0 Å². The SMILES string of the molecule is CC(C)S.Cc1ccccc1. The summed E-state index contributed by atoms with van der Waals surface area (Å²) in [6, 6.07) is 10.3. The van der Waals surface area contributed by atoms with Gasteiger partial charge in [-0.2, -0.15) is 12.6 Å². The van der Waals surface area contributed by atoms with Gasteiger partial charge in [-0.15, -0.1) is 0 Å². The molecular formula is C10H16S.